The fourth-order valence-electron chi connectivity index (χ4n) is 3.45. The summed E-state index contributed by atoms with van der Waals surface area (Å²) in [6.07, 6.45) is 8.95. The molecule has 3 nitrogen and oxygen atoms in total. The maximum atomic E-state index is 4.47. The summed E-state index contributed by atoms with van der Waals surface area (Å²) in [4.78, 5) is 0. The second-order valence-electron chi connectivity index (χ2n) is 6.24. The van der Waals surface area contributed by atoms with Gasteiger partial charge in [0.2, 0.25) is 0 Å². The summed E-state index contributed by atoms with van der Waals surface area (Å²) in [7, 11) is 0. The van der Waals surface area contributed by atoms with E-state index in [2.05, 4.69) is 77.0 Å². The third kappa shape index (κ3) is 3.01. The van der Waals surface area contributed by atoms with E-state index >= 15 is 0 Å². The van der Waals surface area contributed by atoms with Crippen molar-refractivity contribution in [3.63, 3.8) is 0 Å². The number of benzene rings is 2. The third-order valence-corrected chi connectivity index (χ3v) is 4.61. The Morgan fingerprint density at radius 3 is 2.56 bits per heavy atom. The lowest BCUT2D eigenvalue weighted by Crippen LogP contribution is -2.10. The van der Waals surface area contributed by atoms with Crippen LogP contribution in [0.5, 0.6) is 0 Å². The number of hydrogen-bond acceptors (Lipinski definition) is 1. The highest BCUT2D eigenvalue weighted by molar-refractivity contribution is 5.84. The van der Waals surface area contributed by atoms with Crippen molar-refractivity contribution < 1.29 is 0 Å². The SMILES string of the molecule is C=CCC(c1cn(Cc2ccccc2)c2ccccc12)n1cccn1. The van der Waals surface area contributed by atoms with E-state index in [0.29, 0.717) is 0 Å². The van der Waals surface area contributed by atoms with Gasteiger partial charge < -0.3 is 4.57 Å². The van der Waals surface area contributed by atoms with Crippen molar-refractivity contribution in [2.24, 2.45) is 0 Å². The number of hydrogen-bond donors (Lipinski definition) is 0. The van der Waals surface area contributed by atoms with Crippen LogP contribution in [0, 0.1) is 0 Å². The van der Waals surface area contributed by atoms with Gasteiger partial charge in [-0.15, -0.1) is 6.58 Å². The molecule has 3 heteroatoms. The molecular weight excluding hydrogens is 306 g/mol. The first kappa shape index (κ1) is 15.5. The zero-order valence-corrected chi connectivity index (χ0v) is 14.1. The van der Waals surface area contributed by atoms with Crippen molar-refractivity contribution in [1.82, 2.24) is 14.3 Å². The monoisotopic (exact) mass is 327 g/mol. The van der Waals surface area contributed by atoms with Crippen LogP contribution in [-0.4, -0.2) is 14.3 Å². The van der Waals surface area contributed by atoms with E-state index in [4.69, 9.17) is 0 Å². The van der Waals surface area contributed by atoms with Gasteiger partial charge in [-0.3, -0.25) is 4.68 Å². The molecule has 0 fully saturated rings. The molecule has 124 valence electrons. The Hall–Kier alpha value is -3.07. The molecular formula is C22H21N3. The van der Waals surface area contributed by atoms with Gasteiger partial charge in [0.1, 0.15) is 0 Å². The van der Waals surface area contributed by atoms with Crippen LogP contribution in [0.1, 0.15) is 23.6 Å². The summed E-state index contributed by atoms with van der Waals surface area (Å²) in [5.41, 5.74) is 3.84. The molecule has 2 aromatic carbocycles. The highest BCUT2D eigenvalue weighted by Gasteiger charge is 2.18. The number of rotatable bonds is 6. The molecule has 0 N–H and O–H groups in total. The van der Waals surface area contributed by atoms with E-state index in [1.54, 1.807) is 0 Å². The van der Waals surface area contributed by atoms with Crippen molar-refractivity contribution in [1.29, 1.82) is 0 Å². The van der Waals surface area contributed by atoms with E-state index in [0.717, 1.165) is 13.0 Å². The topological polar surface area (TPSA) is 22.8 Å². The second kappa shape index (κ2) is 6.81. The van der Waals surface area contributed by atoms with Crippen LogP contribution in [-0.2, 0) is 6.54 Å². The van der Waals surface area contributed by atoms with Gasteiger partial charge in [-0.1, -0.05) is 54.6 Å². The maximum Gasteiger partial charge on any atom is 0.0823 e. The van der Waals surface area contributed by atoms with Gasteiger partial charge in [-0.25, -0.2) is 0 Å². The van der Waals surface area contributed by atoms with Crippen LogP contribution in [0.15, 0.2) is 91.9 Å². The standard InChI is InChI=1S/C22H21N3/c1-2-9-22(25-15-8-14-23-25)20-17-24(16-18-10-4-3-5-11-18)21-13-7-6-12-19(20)21/h2-8,10-15,17,22H,1,9,16H2. The summed E-state index contributed by atoms with van der Waals surface area (Å²) in [5, 5.41) is 5.75. The minimum Gasteiger partial charge on any atom is -0.343 e. The number of allylic oxidation sites excluding steroid dienone is 1. The van der Waals surface area contributed by atoms with Crippen molar-refractivity contribution in [2.75, 3.05) is 0 Å². The molecule has 2 aromatic heterocycles. The van der Waals surface area contributed by atoms with E-state index in [1.807, 2.05) is 29.2 Å². The molecule has 0 saturated heterocycles. The van der Waals surface area contributed by atoms with Crippen LogP contribution < -0.4 is 0 Å². The van der Waals surface area contributed by atoms with Gasteiger partial charge in [-0.2, -0.15) is 5.10 Å². The molecule has 0 aliphatic carbocycles. The van der Waals surface area contributed by atoms with Crippen LogP contribution in [0.2, 0.25) is 0 Å². The summed E-state index contributed by atoms with van der Waals surface area (Å²) in [6.45, 7) is 4.80. The quantitative estimate of drug-likeness (QED) is 0.454. The molecule has 0 aliphatic rings. The lowest BCUT2D eigenvalue weighted by Gasteiger charge is -2.15. The largest absolute Gasteiger partial charge is 0.343 e. The lowest BCUT2D eigenvalue weighted by molar-refractivity contribution is 0.530. The number of nitrogens with zero attached hydrogens (tertiary/aromatic N) is 3. The maximum absolute atomic E-state index is 4.47. The molecule has 0 amide bonds. The molecule has 0 radical (unpaired) electrons. The predicted molar refractivity (Wildman–Crippen MR) is 103 cm³/mol. The Kier molecular flexibility index (Phi) is 4.21. The zero-order chi connectivity index (χ0) is 17.1. The van der Waals surface area contributed by atoms with E-state index < -0.39 is 0 Å². The normalized spacial score (nSPS) is 12.3. The van der Waals surface area contributed by atoms with Gasteiger partial charge in [0, 0.05) is 41.6 Å². The molecule has 0 aliphatic heterocycles. The molecule has 0 spiro atoms. The molecule has 4 rings (SSSR count). The molecule has 25 heavy (non-hydrogen) atoms. The highest BCUT2D eigenvalue weighted by Crippen LogP contribution is 2.31. The summed E-state index contributed by atoms with van der Waals surface area (Å²) in [5.74, 6) is 0. The van der Waals surface area contributed by atoms with Gasteiger partial charge in [0.25, 0.3) is 0 Å². The lowest BCUT2D eigenvalue weighted by atomic mass is 10.0. The smallest absolute Gasteiger partial charge is 0.0823 e. The molecule has 0 bridgehead atoms. The van der Waals surface area contributed by atoms with Gasteiger partial charge in [0.05, 0.1) is 6.04 Å². The number of para-hydroxylation sites is 1. The Balaban J connectivity index is 1.82. The van der Waals surface area contributed by atoms with Crippen molar-refractivity contribution >= 4 is 10.9 Å². The Bertz CT molecular complexity index is 965. The highest BCUT2D eigenvalue weighted by atomic mass is 15.3. The number of fused-ring (bicyclic) bond motifs is 1. The first-order valence-corrected chi connectivity index (χ1v) is 8.58. The minimum atomic E-state index is 0.162. The average Bonchev–Trinajstić information content (AvgIpc) is 3.30. The van der Waals surface area contributed by atoms with Crippen LogP contribution >= 0.6 is 0 Å². The third-order valence-electron chi connectivity index (χ3n) is 4.61. The number of aromatic nitrogens is 3. The van der Waals surface area contributed by atoms with Crippen molar-refractivity contribution in [3.8, 4) is 0 Å². The molecule has 1 unspecified atom stereocenters. The molecule has 0 saturated carbocycles. The van der Waals surface area contributed by atoms with Crippen molar-refractivity contribution in [2.45, 2.75) is 19.0 Å². The summed E-state index contributed by atoms with van der Waals surface area (Å²) >= 11 is 0. The first-order chi connectivity index (χ1) is 12.4. The first-order valence-electron chi connectivity index (χ1n) is 8.58. The second-order valence-corrected chi connectivity index (χ2v) is 6.24. The van der Waals surface area contributed by atoms with Crippen LogP contribution in [0.3, 0.4) is 0 Å². The van der Waals surface area contributed by atoms with Crippen molar-refractivity contribution in [3.05, 3.63) is 103 Å². The Morgan fingerprint density at radius 1 is 1.00 bits per heavy atom. The molecule has 4 aromatic rings. The van der Waals surface area contributed by atoms with Crippen LogP contribution in [0.4, 0.5) is 0 Å². The van der Waals surface area contributed by atoms with Gasteiger partial charge in [0.15, 0.2) is 0 Å². The van der Waals surface area contributed by atoms with Crippen LogP contribution in [0.25, 0.3) is 10.9 Å². The fourth-order valence-corrected chi connectivity index (χ4v) is 3.45. The Morgan fingerprint density at radius 2 is 1.80 bits per heavy atom. The van der Waals surface area contributed by atoms with E-state index in [9.17, 15) is 0 Å². The average molecular weight is 327 g/mol. The fraction of sp³-hybridized carbons (Fsp3) is 0.136. The minimum absolute atomic E-state index is 0.162. The van der Waals surface area contributed by atoms with E-state index in [-0.39, 0.29) is 6.04 Å². The van der Waals surface area contributed by atoms with E-state index in [1.165, 1.54) is 22.0 Å². The Labute approximate surface area is 147 Å². The van der Waals surface area contributed by atoms with Gasteiger partial charge >= 0.3 is 0 Å². The van der Waals surface area contributed by atoms with Gasteiger partial charge in [-0.05, 0) is 24.1 Å². The summed E-state index contributed by atoms with van der Waals surface area (Å²) in [6, 6.07) is 21.3. The molecule has 2 heterocycles. The predicted octanol–water partition coefficient (Wildman–Crippen LogP) is 5.05. The zero-order valence-electron chi connectivity index (χ0n) is 14.1. The molecule has 1 atom stereocenters. The summed E-state index contributed by atoms with van der Waals surface area (Å²) < 4.78 is 4.36.